The van der Waals surface area contributed by atoms with E-state index in [9.17, 15) is 9.59 Å². The fourth-order valence-electron chi connectivity index (χ4n) is 4.97. The highest BCUT2D eigenvalue weighted by atomic mass is 35.5. The minimum absolute atomic E-state index is 0.245. The molecule has 0 saturated carbocycles. The van der Waals surface area contributed by atoms with Gasteiger partial charge in [-0.2, -0.15) is 0 Å². The van der Waals surface area contributed by atoms with Gasteiger partial charge < -0.3 is 10.1 Å². The van der Waals surface area contributed by atoms with Gasteiger partial charge in [-0.1, -0.05) is 48.4 Å². The number of pyridine rings is 1. The van der Waals surface area contributed by atoms with Crippen LogP contribution in [-0.2, 0) is 17.6 Å². The molecule has 1 aliphatic carbocycles. The fourth-order valence-corrected chi connectivity index (χ4v) is 6.37. The first-order valence-corrected chi connectivity index (χ1v) is 13.8. The number of fused-ring (bicyclic) bond motifs is 2. The molecule has 0 aliphatic heterocycles. The lowest BCUT2D eigenvalue weighted by molar-refractivity contribution is 0.0378. The standard InChI is InChI=1S/C30H29ClN2O3S/c1-17(2)36-30(35)26-22-10-5-4-6-12-24(22)37-29(26)33-28(34)25-18(3)27(19-13-15-20(31)16-14-19)32-23-11-8-7-9-21(23)25/h7-9,11,13-17H,4-6,10,12H2,1-3H3,(H,33,34). The molecule has 5 rings (SSSR count). The van der Waals surface area contributed by atoms with Crippen molar-refractivity contribution < 1.29 is 14.3 Å². The van der Waals surface area contributed by atoms with Gasteiger partial charge >= 0.3 is 5.97 Å². The molecular formula is C30H29ClN2O3S. The molecule has 0 radical (unpaired) electrons. The smallest absolute Gasteiger partial charge is 0.341 e. The quantitative estimate of drug-likeness (QED) is 0.209. The number of carbonyl (C=O) groups is 2. The first-order valence-electron chi connectivity index (χ1n) is 12.7. The molecule has 4 aromatic rings. The molecule has 37 heavy (non-hydrogen) atoms. The van der Waals surface area contributed by atoms with Crippen LogP contribution in [-0.4, -0.2) is 23.0 Å². The summed E-state index contributed by atoms with van der Waals surface area (Å²) >= 11 is 7.61. The van der Waals surface area contributed by atoms with Gasteiger partial charge in [0.2, 0.25) is 0 Å². The first kappa shape index (κ1) is 25.4. The summed E-state index contributed by atoms with van der Waals surface area (Å²) in [6.07, 6.45) is 4.73. The number of ether oxygens (including phenoxy) is 1. The van der Waals surface area contributed by atoms with Crippen molar-refractivity contribution in [3.05, 3.63) is 80.7 Å². The van der Waals surface area contributed by atoms with Crippen LogP contribution in [0.3, 0.4) is 0 Å². The number of hydrogen-bond donors (Lipinski definition) is 1. The number of carbonyl (C=O) groups excluding carboxylic acids is 2. The summed E-state index contributed by atoms with van der Waals surface area (Å²) in [6.45, 7) is 5.59. The number of anilines is 1. The van der Waals surface area contributed by atoms with Crippen molar-refractivity contribution >= 4 is 50.7 Å². The van der Waals surface area contributed by atoms with Crippen molar-refractivity contribution in [3.8, 4) is 11.3 Å². The Hall–Kier alpha value is -3.22. The lowest BCUT2D eigenvalue weighted by Gasteiger charge is -2.15. The number of halogens is 1. The normalized spacial score (nSPS) is 13.3. The van der Waals surface area contributed by atoms with Crippen LogP contribution in [0.1, 0.15) is 69.8 Å². The maximum Gasteiger partial charge on any atom is 0.341 e. The lowest BCUT2D eigenvalue weighted by Crippen LogP contribution is -2.18. The molecule has 5 nitrogen and oxygen atoms in total. The molecule has 2 heterocycles. The fraction of sp³-hybridized carbons (Fsp3) is 0.300. The van der Waals surface area contributed by atoms with Crippen LogP contribution in [0.25, 0.3) is 22.2 Å². The summed E-state index contributed by atoms with van der Waals surface area (Å²) in [4.78, 5) is 33.2. The predicted octanol–water partition coefficient (Wildman–Crippen LogP) is 8.01. The van der Waals surface area contributed by atoms with Crippen molar-refractivity contribution in [2.45, 2.75) is 59.0 Å². The second-order valence-electron chi connectivity index (χ2n) is 9.66. The minimum Gasteiger partial charge on any atom is -0.459 e. The number of esters is 1. The largest absolute Gasteiger partial charge is 0.459 e. The van der Waals surface area contributed by atoms with Crippen LogP contribution in [0, 0.1) is 6.92 Å². The number of nitrogens with one attached hydrogen (secondary N) is 1. The van der Waals surface area contributed by atoms with Crippen molar-refractivity contribution in [2.24, 2.45) is 0 Å². The van der Waals surface area contributed by atoms with Crippen molar-refractivity contribution in [1.29, 1.82) is 0 Å². The van der Waals surface area contributed by atoms with Crippen molar-refractivity contribution in [1.82, 2.24) is 4.98 Å². The van der Waals surface area contributed by atoms with E-state index in [0.29, 0.717) is 21.2 Å². The molecule has 190 valence electrons. The second-order valence-corrected chi connectivity index (χ2v) is 11.2. The van der Waals surface area contributed by atoms with E-state index < -0.39 is 0 Å². The number of thiophene rings is 1. The average molecular weight is 533 g/mol. The Morgan fingerprint density at radius 1 is 1.00 bits per heavy atom. The zero-order chi connectivity index (χ0) is 26.1. The predicted molar refractivity (Wildman–Crippen MR) is 151 cm³/mol. The highest BCUT2D eigenvalue weighted by Gasteiger charge is 2.28. The maximum atomic E-state index is 14.0. The van der Waals surface area contributed by atoms with E-state index >= 15 is 0 Å². The highest BCUT2D eigenvalue weighted by Crippen LogP contribution is 2.39. The summed E-state index contributed by atoms with van der Waals surface area (Å²) in [7, 11) is 0. The molecule has 0 unspecified atom stereocenters. The van der Waals surface area contributed by atoms with Gasteiger partial charge in [-0.3, -0.25) is 4.79 Å². The van der Waals surface area contributed by atoms with Gasteiger partial charge in [-0.25, -0.2) is 9.78 Å². The van der Waals surface area contributed by atoms with Crippen molar-refractivity contribution in [2.75, 3.05) is 5.32 Å². The van der Waals surface area contributed by atoms with E-state index in [0.717, 1.165) is 65.4 Å². The van der Waals surface area contributed by atoms with Gasteiger partial charge in [0, 0.05) is 20.8 Å². The number of benzene rings is 2. The van der Waals surface area contributed by atoms with Crippen LogP contribution >= 0.6 is 22.9 Å². The van der Waals surface area contributed by atoms with E-state index in [1.165, 1.54) is 16.2 Å². The summed E-state index contributed by atoms with van der Waals surface area (Å²) in [5.41, 5.74) is 5.18. The molecule has 0 spiro atoms. The molecule has 2 aromatic carbocycles. The third kappa shape index (κ3) is 5.13. The van der Waals surface area contributed by atoms with E-state index in [4.69, 9.17) is 21.3 Å². The zero-order valence-electron chi connectivity index (χ0n) is 21.2. The van der Waals surface area contributed by atoms with Gasteiger partial charge in [-0.05, 0) is 75.8 Å². The number of aryl methyl sites for hydroxylation is 1. The van der Waals surface area contributed by atoms with Crippen LogP contribution in [0.15, 0.2) is 48.5 Å². The van der Waals surface area contributed by atoms with E-state index in [2.05, 4.69) is 5.32 Å². The molecule has 1 aliphatic rings. The highest BCUT2D eigenvalue weighted by molar-refractivity contribution is 7.17. The first-order chi connectivity index (χ1) is 17.8. The minimum atomic E-state index is -0.372. The lowest BCUT2D eigenvalue weighted by atomic mass is 9.97. The Bertz CT molecular complexity index is 1490. The second kappa shape index (κ2) is 10.6. The molecule has 0 fully saturated rings. The van der Waals surface area contributed by atoms with Gasteiger partial charge in [0.1, 0.15) is 5.00 Å². The Labute approximate surface area is 225 Å². The number of rotatable bonds is 5. The summed E-state index contributed by atoms with van der Waals surface area (Å²) in [6, 6.07) is 15.1. The number of nitrogens with zero attached hydrogens (tertiary/aromatic N) is 1. The third-order valence-corrected chi connectivity index (χ3v) is 8.14. The van der Waals surface area contributed by atoms with E-state index in [1.54, 1.807) is 0 Å². The SMILES string of the molecule is Cc1c(-c2ccc(Cl)cc2)nc2ccccc2c1C(=O)Nc1sc2c(c1C(=O)OC(C)C)CCCCC2. The third-order valence-electron chi connectivity index (χ3n) is 6.68. The van der Waals surface area contributed by atoms with E-state index in [-0.39, 0.29) is 18.0 Å². The summed E-state index contributed by atoms with van der Waals surface area (Å²) in [5.74, 6) is -0.635. The van der Waals surface area contributed by atoms with Gasteiger partial charge in [0.15, 0.2) is 0 Å². The van der Waals surface area contributed by atoms with Gasteiger partial charge in [-0.15, -0.1) is 11.3 Å². The van der Waals surface area contributed by atoms with Gasteiger partial charge in [0.25, 0.3) is 5.91 Å². The Morgan fingerprint density at radius 2 is 1.73 bits per heavy atom. The Morgan fingerprint density at radius 3 is 2.49 bits per heavy atom. The number of hydrogen-bond acceptors (Lipinski definition) is 5. The molecular weight excluding hydrogens is 504 g/mol. The topological polar surface area (TPSA) is 68.3 Å². The number of aromatic nitrogens is 1. The van der Waals surface area contributed by atoms with E-state index in [1.807, 2.05) is 69.3 Å². The summed E-state index contributed by atoms with van der Waals surface area (Å²) < 4.78 is 5.61. The molecule has 2 aromatic heterocycles. The Balaban J connectivity index is 1.61. The molecule has 7 heteroatoms. The van der Waals surface area contributed by atoms with Crippen LogP contribution < -0.4 is 5.32 Å². The van der Waals surface area contributed by atoms with Crippen LogP contribution in [0.2, 0.25) is 5.02 Å². The number of para-hydroxylation sites is 1. The zero-order valence-corrected chi connectivity index (χ0v) is 22.8. The van der Waals surface area contributed by atoms with Crippen LogP contribution in [0.4, 0.5) is 5.00 Å². The molecule has 0 atom stereocenters. The van der Waals surface area contributed by atoms with Crippen molar-refractivity contribution in [3.63, 3.8) is 0 Å². The van der Waals surface area contributed by atoms with Gasteiger partial charge in [0.05, 0.1) is 28.4 Å². The summed E-state index contributed by atoms with van der Waals surface area (Å²) in [5, 5.41) is 5.08. The molecule has 1 amide bonds. The number of amides is 1. The average Bonchev–Trinajstić information content (AvgIpc) is 3.03. The molecule has 0 saturated heterocycles. The Kier molecular flexibility index (Phi) is 7.31. The monoisotopic (exact) mass is 532 g/mol. The van der Waals surface area contributed by atoms with Crippen LogP contribution in [0.5, 0.6) is 0 Å². The molecule has 1 N–H and O–H groups in total. The maximum absolute atomic E-state index is 14.0. The molecule has 0 bridgehead atoms.